The Balaban J connectivity index is 0.00000162. The molecule has 0 unspecified atom stereocenters. The van der Waals surface area contributed by atoms with Gasteiger partial charge in [0.1, 0.15) is 0 Å². The van der Waals surface area contributed by atoms with E-state index in [1.54, 1.807) is 11.3 Å². The van der Waals surface area contributed by atoms with Crippen LogP contribution in [0, 0.1) is 6.92 Å². The molecular formula is C13H16BrClN2S. The molecule has 1 aromatic heterocycles. The van der Waals surface area contributed by atoms with E-state index in [1.165, 1.54) is 15.4 Å². The van der Waals surface area contributed by atoms with Crippen LogP contribution in [0.1, 0.15) is 9.88 Å². The first-order valence-corrected chi connectivity index (χ1v) is 7.18. The molecular weight excluding hydrogens is 332 g/mol. The molecule has 18 heavy (non-hydrogen) atoms. The Morgan fingerprint density at radius 2 is 1.94 bits per heavy atom. The molecule has 0 spiro atoms. The molecule has 0 aliphatic heterocycles. The highest BCUT2D eigenvalue weighted by molar-refractivity contribution is 9.10. The maximum Gasteiger partial charge on any atom is 0.0948 e. The zero-order valence-electron chi connectivity index (χ0n) is 10.4. The van der Waals surface area contributed by atoms with E-state index in [2.05, 4.69) is 52.4 Å². The molecule has 2 aromatic rings. The van der Waals surface area contributed by atoms with Crippen LogP contribution < -0.4 is 5.32 Å². The molecule has 0 saturated heterocycles. The Morgan fingerprint density at radius 1 is 1.28 bits per heavy atom. The molecule has 0 aliphatic carbocycles. The lowest BCUT2D eigenvalue weighted by atomic mass is 10.1. The fraction of sp³-hybridized carbons (Fsp3) is 0.308. The molecule has 0 radical (unpaired) electrons. The molecule has 98 valence electrons. The smallest absolute Gasteiger partial charge is 0.0948 e. The maximum absolute atomic E-state index is 4.71. The zero-order valence-corrected chi connectivity index (χ0v) is 13.6. The number of nitrogens with one attached hydrogen (secondary N) is 1. The summed E-state index contributed by atoms with van der Waals surface area (Å²) in [5.74, 6) is 0. The van der Waals surface area contributed by atoms with E-state index in [9.17, 15) is 0 Å². The van der Waals surface area contributed by atoms with Crippen LogP contribution in [0.15, 0.2) is 28.7 Å². The average molecular weight is 348 g/mol. The van der Waals surface area contributed by atoms with E-state index in [1.807, 2.05) is 7.05 Å². The van der Waals surface area contributed by atoms with Gasteiger partial charge in [-0.05, 0) is 26.1 Å². The number of thiazole rings is 1. The van der Waals surface area contributed by atoms with Crippen molar-refractivity contribution < 1.29 is 0 Å². The van der Waals surface area contributed by atoms with Crippen molar-refractivity contribution >= 4 is 39.7 Å². The first-order valence-electron chi connectivity index (χ1n) is 5.57. The minimum absolute atomic E-state index is 0. The summed E-state index contributed by atoms with van der Waals surface area (Å²) in [7, 11) is 1.97. The highest BCUT2D eigenvalue weighted by Gasteiger charge is 2.09. The molecule has 1 N–H and O–H groups in total. The van der Waals surface area contributed by atoms with Crippen LogP contribution in [0.5, 0.6) is 0 Å². The average Bonchev–Trinajstić information content (AvgIpc) is 2.69. The fourth-order valence-corrected chi connectivity index (χ4v) is 2.88. The van der Waals surface area contributed by atoms with Gasteiger partial charge in [0.2, 0.25) is 0 Å². The number of nitrogens with zero attached hydrogens (tertiary/aromatic N) is 1. The normalized spacial score (nSPS) is 10.2. The maximum atomic E-state index is 4.71. The molecule has 0 atom stereocenters. The SMILES string of the molecule is CNCCc1nc(-c2ccc(Br)cc2)c(C)s1.Cl. The van der Waals surface area contributed by atoms with Gasteiger partial charge in [0.25, 0.3) is 0 Å². The van der Waals surface area contributed by atoms with Gasteiger partial charge >= 0.3 is 0 Å². The van der Waals surface area contributed by atoms with E-state index in [4.69, 9.17) is 4.98 Å². The van der Waals surface area contributed by atoms with Gasteiger partial charge < -0.3 is 5.32 Å². The third kappa shape index (κ3) is 3.79. The lowest BCUT2D eigenvalue weighted by molar-refractivity contribution is 0.788. The van der Waals surface area contributed by atoms with E-state index in [-0.39, 0.29) is 12.4 Å². The molecule has 0 fully saturated rings. The summed E-state index contributed by atoms with van der Waals surface area (Å²) in [5.41, 5.74) is 2.31. The van der Waals surface area contributed by atoms with Gasteiger partial charge in [0.05, 0.1) is 10.7 Å². The Bertz CT molecular complexity index is 496. The Labute approximate surface area is 126 Å². The lowest BCUT2D eigenvalue weighted by Gasteiger charge is -1.98. The first kappa shape index (κ1) is 15.6. The van der Waals surface area contributed by atoms with Gasteiger partial charge in [-0.25, -0.2) is 4.98 Å². The topological polar surface area (TPSA) is 24.9 Å². The van der Waals surface area contributed by atoms with Gasteiger partial charge in [-0.2, -0.15) is 0 Å². The van der Waals surface area contributed by atoms with Crippen LogP contribution >= 0.6 is 39.7 Å². The molecule has 1 aromatic carbocycles. The predicted molar refractivity (Wildman–Crippen MR) is 84.9 cm³/mol. The van der Waals surface area contributed by atoms with Crippen molar-refractivity contribution in [3.8, 4) is 11.3 Å². The summed E-state index contributed by atoms with van der Waals surface area (Å²) in [5, 5.41) is 4.36. The van der Waals surface area contributed by atoms with Crippen molar-refractivity contribution in [3.05, 3.63) is 38.6 Å². The number of benzene rings is 1. The molecule has 0 saturated carbocycles. The molecule has 5 heteroatoms. The summed E-state index contributed by atoms with van der Waals surface area (Å²) in [4.78, 5) is 6.00. The van der Waals surface area contributed by atoms with Gasteiger partial charge in [-0.15, -0.1) is 23.7 Å². The minimum atomic E-state index is 0. The molecule has 2 rings (SSSR count). The van der Waals surface area contributed by atoms with E-state index in [0.29, 0.717) is 0 Å². The van der Waals surface area contributed by atoms with Gasteiger partial charge in [-0.3, -0.25) is 0 Å². The molecule has 2 nitrogen and oxygen atoms in total. The van der Waals surface area contributed by atoms with Crippen LogP contribution in [0.3, 0.4) is 0 Å². The van der Waals surface area contributed by atoms with E-state index < -0.39 is 0 Å². The van der Waals surface area contributed by atoms with Crippen molar-refractivity contribution in [2.24, 2.45) is 0 Å². The summed E-state index contributed by atoms with van der Waals surface area (Å²) < 4.78 is 1.10. The van der Waals surface area contributed by atoms with E-state index in [0.717, 1.165) is 23.1 Å². The number of likely N-dealkylation sites (N-methyl/N-ethyl adjacent to an activating group) is 1. The van der Waals surface area contributed by atoms with Crippen molar-refractivity contribution in [1.82, 2.24) is 10.3 Å². The summed E-state index contributed by atoms with van der Waals surface area (Å²) in [6.45, 7) is 3.12. The molecule has 0 aliphatic rings. The monoisotopic (exact) mass is 346 g/mol. The Kier molecular flexibility index (Phi) is 6.29. The number of halogens is 2. The zero-order chi connectivity index (χ0) is 12.3. The molecule has 0 bridgehead atoms. The first-order chi connectivity index (χ1) is 8.20. The lowest BCUT2D eigenvalue weighted by Crippen LogP contribution is -2.09. The second kappa shape index (κ2) is 7.24. The van der Waals surface area contributed by atoms with Gasteiger partial charge in [0.15, 0.2) is 0 Å². The van der Waals surface area contributed by atoms with Gasteiger partial charge in [0, 0.05) is 27.9 Å². The Morgan fingerprint density at radius 3 is 2.56 bits per heavy atom. The second-order valence-corrected chi connectivity index (χ2v) is 6.08. The summed E-state index contributed by atoms with van der Waals surface area (Å²) >= 11 is 5.24. The van der Waals surface area contributed by atoms with Crippen LogP contribution in [-0.4, -0.2) is 18.6 Å². The summed E-state index contributed by atoms with van der Waals surface area (Å²) in [6.07, 6.45) is 0.999. The van der Waals surface area contributed by atoms with Crippen LogP contribution in [0.4, 0.5) is 0 Å². The second-order valence-electron chi connectivity index (χ2n) is 3.87. The third-order valence-corrected chi connectivity index (χ3v) is 4.11. The molecule has 0 amide bonds. The largest absolute Gasteiger partial charge is 0.319 e. The standard InChI is InChI=1S/C13H15BrN2S.ClH/c1-9-13(10-3-5-11(14)6-4-10)16-12(17-9)7-8-15-2;/h3-6,15H,7-8H2,1-2H3;1H. The Hall–Kier alpha value is -0.420. The van der Waals surface area contributed by atoms with Crippen molar-refractivity contribution in [1.29, 1.82) is 0 Å². The van der Waals surface area contributed by atoms with Crippen molar-refractivity contribution in [2.75, 3.05) is 13.6 Å². The van der Waals surface area contributed by atoms with Crippen molar-refractivity contribution in [2.45, 2.75) is 13.3 Å². The highest BCUT2D eigenvalue weighted by Crippen LogP contribution is 2.28. The van der Waals surface area contributed by atoms with Crippen LogP contribution in [0.25, 0.3) is 11.3 Å². The van der Waals surface area contributed by atoms with E-state index >= 15 is 0 Å². The fourth-order valence-electron chi connectivity index (χ4n) is 1.67. The predicted octanol–water partition coefficient (Wildman–Crippen LogP) is 4.06. The van der Waals surface area contributed by atoms with Crippen LogP contribution in [0.2, 0.25) is 0 Å². The number of aryl methyl sites for hydroxylation is 1. The summed E-state index contributed by atoms with van der Waals surface area (Å²) in [6, 6.07) is 8.32. The molecule has 1 heterocycles. The quantitative estimate of drug-likeness (QED) is 0.902. The number of hydrogen-bond acceptors (Lipinski definition) is 3. The van der Waals surface area contributed by atoms with Crippen molar-refractivity contribution in [3.63, 3.8) is 0 Å². The number of rotatable bonds is 4. The third-order valence-electron chi connectivity index (χ3n) is 2.55. The van der Waals surface area contributed by atoms with Crippen LogP contribution in [-0.2, 0) is 6.42 Å². The highest BCUT2D eigenvalue weighted by atomic mass is 79.9. The number of hydrogen-bond donors (Lipinski definition) is 1. The minimum Gasteiger partial charge on any atom is -0.319 e. The van der Waals surface area contributed by atoms with Gasteiger partial charge in [-0.1, -0.05) is 28.1 Å². The number of aromatic nitrogens is 1.